The average molecular weight is 288 g/mol. The molecule has 1 fully saturated rings. The van der Waals surface area contributed by atoms with Crippen LogP contribution in [-0.2, 0) is 10.0 Å². The lowest BCUT2D eigenvalue weighted by molar-refractivity contribution is 0.600. The van der Waals surface area contributed by atoms with E-state index < -0.39 is 10.0 Å². The minimum Gasteiger partial charge on any atom is -0.360 e. The molecule has 2 N–H and O–H groups in total. The van der Waals surface area contributed by atoms with Crippen molar-refractivity contribution in [3.8, 4) is 12.1 Å². The molecule has 1 aromatic rings. The number of nitrogens with one attached hydrogen (secondary N) is 2. The number of hydrogen-bond acceptors (Lipinski definition) is 5. The van der Waals surface area contributed by atoms with Crippen molar-refractivity contribution in [2.75, 3.05) is 10.0 Å². The number of benzene rings is 1. The quantitative estimate of drug-likeness (QED) is 0.805. The summed E-state index contributed by atoms with van der Waals surface area (Å²) >= 11 is 0. The normalized spacial score (nSPS) is 13.7. The first-order chi connectivity index (χ1) is 9.55. The third kappa shape index (κ3) is 3.50. The molecule has 0 spiro atoms. The molecule has 1 saturated carbocycles. The lowest BCUT2D eigenvalue weighted by Crippen LogP contribution is -2.17. The predicted molar refractivity (Wildman–Crippen MR) is 74.9 cm³/mol. The molecule has 0 aromatic heterocycles. The van der Waals surface area contributed by atoms with Crippen LogP contribution in [0.15, 0.2) is 36.0 Å². The van der Waals surface area contributed by atoms with Crippen LogP contribution in [0.5, 0.6) is 0 Å². The maximum atomic E-state index is 11.8. The van der Waals surface area contributed by atoms with E-state index in [0.29, 0.717) is 24.2 Å². The van der Waals surface area contributed by atoms with Gasteiger partial charge in [0.25, 0.3) is 0 Å². The van der Waals surface area contributed by atoms with Crippen LogP contribution in [0.3, 0.4) is 0 Å². The number of nitriles is 2. The first-order valence-corrected chi connectivity index (χ1v) is 7.48. The van der Waals surface area contributed by atoms with Gasteiger partial charge in [0.05, 0.1) is 10.9 Å². The van der Waals surface area contributed by atoms with Crippen LogP contribution in [-0.4, -0.2) is 13.7 Å². The Balaban J connectivity index is 2.11. The zero-order valence-corrected chi connectivity index (χ0v) is 11.3. The second-order valence-electron chi connectivity index (χ2n) is 4.35. The fourth-order valence-electron chi connectivity index (χ4n) is 1.54. The van der Waals surface area contributed by atoms with Gasteiger partial charge in [-0.1, -0.05) is 6.07 Å². The Morgan fingerprint density at radius 3 is 2.50 bits per heavy atom. The Hall–Kier alpha value is -2.51. The molecule has 102 valence electrons. The van der Waals surface area contributed by atoms with Crippen molar-refractivity contribution < 1.29 is 8.42 Å². The van der Waals surface area contributed by atoms with Crippen molar-refractivity contribution >= 4 is 21.4 Å². The van der Waals surface area contributed by atoms with Crippen LogP contribution in [0, 0.1) is 22.7 Å². The number of hydrogen-bond donors (Lipinski definition) is 2. The predicted octanol–water partition coefficient (Wildman–Crippen LogP) is 1.93. The second kappa shape index (κ2) is 5.64. The minimum atomic E-state index is -3.30. The van der Waals surface area contributed by atoms with Gasteiger partial charge < -0.3 is 5.32 Å². The maximum Gasteiger partial charge on any atom is 0.235 e. The standard InChI is InChI=1S/C13H12N4O2S/c14-7-10(8-15)9-16-11-2-1-3-12(6-11)17-20(18,19)13-4-5-13/h1-3,6,9,13,16-17H,4-5H2. The average Bonchev–Trinajstić information content (AvgIpc) is 3.24. The largest absolute Gasteiger partial charge is 0.360 e. The van der Waals surface area contributed by atoms with Gasteiger partial charge in [-0.25, -0.2) is 8.42 Å². The molecular formula is C13H12N4O2S. The van der Waals surface area contributed by atoms with Gasteiger partial charge in [-0.05, 0) is 31.0 Å². The summed E-state index contributed by atoms with van der Waals surface area (Å²) in [4.78, 5) is 0. The summed E-state index contributed by atoms with van der Waals surface area (Å²) in [5.74, 6) is 0. The van der Waals surface area contributed by atoms with Gasteiger partial charge in [-0.15, -0.1) is 0 Å². The summed E-state index contributed by atoms with van der Waals surface area (Å²) in [6.07, 6.45) is 2.67. The van der Waals surface area contributed by atoms with Crippen LogP contribution in [0.2, 0.25) is 0 Å². The highest BCUT2D eigenvalue weighted by Gasteiger charge is 2.35. The Bertz CT molecular complexity index is 705. The Morgan fingerprint density at radius 2 is 1.90 bits per heavy atom. The van der Waals surface area contributed by atoms with Crippen molar-refractivity contribution in [2.45, 2.75) is 18.1 Å². The van der Waals surface area contributed by atoms with E-state index in [9.17, 15) is 8.42 Å². The number of anilines is 2. The molecule has 0 heterocycles. The lowest BCUT2D eigenvalue weighted by Gasteiger charge is -2.08. The lowest BCUT2D eigenvalue weighted by atomic mass is 10.3. The molecule has 0 aliphatic heterocycles. The van der Waals surface area contributed by atoms with Crippen molar-refractivity contribution in [3.63, 3.8) is 0 Å². The molecule has 2 rings (SSSR count). The Labute approximate surface area is 117 Å². The molecule has 0 saturated heterocycles. The number of sulfonamides is 1. The summed E-state index contributed by atoms with van der Waals surface area (Å²) in [5, 5.41) is 19.7. The third-order valence-corrected chi connectivity index (χ3v) is 4.58. The van der Waals surface area contributed by atoms with Crippen molar-refractivity contribution in [2.24, 2.45) is 0 Å². The van der Waals surface area contributed by atoms with Crippen LogP contribution < -0.4 is 10.0 Å². The van der Waals surface area contributed by atoms with Crippen molar-refractivity contribution in [1.29, 1.82) is 10.5 Å². The smallest absolute Gasteiger partial charge is 0.235 e. The third-order valence-electron chi connectivity index (χ3n) is 2.71. The van der Waals surface area contributed by atoms with E-state index >= 15 is 0 Å². The highest BCUT2D eigenvalue weighted by atomic mass is 32.2. The SMILES string of the molecule is N#CC(C#N)=CNc1cccc(NS(=O)(=O)C2CC2)c1. The molecule has 0 amide bonds. The molecule has 1 aliphatic carbocycles. The van der Waals surface area contributed by atoms with E-state index in [1.54, 1.807) is 36.4 Å². The minimum absolute atomic E-state index is 0.0611. The zero-order valence-electron chi connectivity index (χ0n) is 10.5. The van der Waals surface area contributed by atoms with Crippen LogP contribution in [0.1, 0.15) is 12.8 Å². The molecular weight excluding hydrogens is 276 g/mol. The highest BCUT2D eigenvalue weighted by Crippen LogP contribution is 2.30. The van der Waals surface area contributed by atoms with E-state index in [1.807, 2.05) is 0 Å². The molecule has 6 nitrogen and oxygen atoms in total. The van der Waals surface area contributed by atoms with E-state index in [1.165, 1.54) is 6.20 Å². The number of allylic oxidation sites excluding steroid dienone is 1. The van der Waals surface area contributed by atoms with Crippen LogP contribution in [0.25, 0.3) is 0 Å². The summed E-state index contributed by atoms with van der Waals surface area (Å²) < 4.78 is 26.1. The van der Waals surface area contributed by atoms with Crippen LogP contribution >= 0.6 is 0 Å². The number of nitrogens with zero attached hydrogens (tertiary/aromatic N) is 2. The topological polar surface area (TPSA) is 106 Å². The fourth-order valence-corrected chi connectivity index (χ4v) is 2.92. The summed E-state index contributed by atoms with van der Waals surface area (Å²) in [6.45, 7) is 0. The van der Waals surface area contributed by atoms with Gasteiger partial charge in [0.1, 0.15) is 17.7 Å². The Morgan fingerprint density at radius 1 is 1.25 bits per heavy atom. The van der Waals surface area contributed by atoms with Gasteiger partial charge >= 0.3 is 0 Å². The van der Waals surface area contributed by atoms with E-state index in [2.05, 4.69) is 10.0 Å². The molecule has 0 radical (unpaired) electrons. The van der Waals surface area contributed by atoms with Crippen molar-refractivity contribution in [1.82, 2.24) is 0 Å². The van der Waals surface area contributed by atoms with Gasteiger partial charge in [0.15, 0.2) is 0 Å². The van der Waals surface area contributed by atoms with Gasteiger partial charge in [-0.2, -0.15) is 10.5 Å². The van der Waals surface area contributed by atoms with Gasteiger partial charge in [0.2, 0.25) is 10.0 Å². The van der Waals surface area contributed by atoms with E-state index in [-0.39, 0.29) is 10.8 Å². The highest BCUT2D eigenvalue weighted by molar-refractivity contribution is 7.93. The molecule has 20 heavy (non-hydrogen) atoms. The maximum absolute atomic E-state index is 11.8. The molecule has 1 aromatic carbocycles. The molecule has 7 heteroatoms. The summed E-state index contributed by atoms with van der Waals surface area (Å²) in [6, 6.07) is 10.1. The monoisotopic (exact) mass is 288 g/mol. The molecule has 0 atom stereocenters. The summed E-state index contributed by atoms with van der Waals surface area (Å²) in [7, 11) is -3.30. The Kier molecular flexibility index (Phi) is 3.92. The zero-order chi connectivity index (χ0) is 14.6. The first-order valence-electron chi connectivity index (χ1n) is 5.94. The fraction of sp³-hybridized carbons (Fsp3) is 0.231. The number of rotatable bonds is 5. The van der Waals surface area contributed by atoms with Gasteiger partial charge in [-0.3, -0.25) is 4.72 Å². The van der Waals surface area contributed by atoms with E-state index in [4.69, 9.17) is 10.5 Å². The molecule has 1 aliphatic rings. The van der Waals surface area contributed by atoms with E-state index in [0.717, 1.165) is 0 Å². The molecule has 0 bridgehead atoms. The first kappa shape index (κ1) is 13.9. The van der Waals surface area contributed by atoms with Crippen LogP contribution in [0.4, 0.5) is 11.4 Å². The second-order valence-corrected chi connectivity index (χ2v) is 6.31. The molecule has 0 unspecified atom stereocenters. The van der Waals surface area contributed by atoms with Crippen molar-refractivity contribution in [3.05, 3.63) is 36.0 Å². The van der Waals surface area contributed by atoms with Gasteiger partial charge in [0, 0.05) is 11.9 Å². The summed E-state index contributed by atoms with van der Waals surface area (Å²) in [5.41, 5.74) is 0.976.